The van der Waals surface area contributed by atoms with Gasteiger partial charge in [0.1, 0.15) is 0 Å². The highest BCUT2D eigenvalue weighted by molar-refractivity contribution is 7.13. The van der Waals surface area contributed by atoms with Crippen LogP contribution in [0.4, 0.5) is 5.13 Å². The number of carbonyl (C=O) groups is 3. The average molecular weight is 331 g/mol. The smallest absolute Gasteiger partial charge is 0.339 e. The predicted octanol–water partition coefficient (Wildman–Crippen LogP) is 0.891. The molecule has 1 atom stereocenters. The number of benzene rings is 1. The van der Waals surface area contributed by atoms with Crippen LogP contribution >= 0.6 is 11.3 Å². The van der Waals surface area contributed by atoms with Crippen LogP contribution in [0.25, 0.3) is 0 Å². The summed E-state index contributed by atoms with van der Waals surface area (Å²) in [6.07, 6.45) is -0.577. The molecule has 7 nitrogen and oxygen atoms in total. The third-order valence-corrected chi connectivity index (χ3v) is 4.13. The van der Waals surface area contributed by atoms with Gasteiger partial charge in [-0.3, -0.25) is 14.9 Å². The SMILES string of the molecule is NC(=O)Cc1csc(NC(=O)[C@@H]2Cc3ccccc3C(=O)O2)n1. The molecular formula is C15H13N3O4S. The number of cyclic esters (lactones) is 1. The zero-order chi connectivity index (χ0) is 16.4. The maximum absolute atomic E-state index is 12.2. The largest absolute Gasteiger partial charge is 0.448 e. The van der Waals surface area contributed by atoms with E-state index < -0.39 is 23.9 Å². The first-order chi connectivity index (χ1) is 11.0. The average Bonchev–Trinajstić information content (AvgIpc) is 2.93. The molecule has 0 fully saturated rings. The summed E-state index contributed by atoms with van der Waals surface area (Å²) >= 11 is 1.18. The van der Waals surface area contributed by atoms with Gasteiger partial charge in [-0.2, -0.15) is 0 Å². The van der Waals surface area contributed by atoms with Gasteiger partial charge in [0.25, 0.3) is 5.91 Å². The topological polar surface area (TPSA) is 111 Å². The first kappa shape index (κ1) is 15.2. The van der Waals surface area contributed by atoms with Crippen molar-refractivity contribution in [3.05, 3.63) is 46.5 Å². The highest BCUT2D eigenvalue weighted by Crippen LogP contribution is 2.22. The third kappa shape index (κ3) is 3.37. The molecule has 0 radical (unpaired) electrons. The van der Waals surface area contributed by atoms with Crippen molar-refractivity contribution in [3.63, 3.8) is 0 Å². The Labute approximate surface area is 135 Å². The zero-order valence-electron chi connectivity index (χ0n) is 11.9. The molecule has 8 heteroatoms. The van der Waals surface area contributed by atoms with E-state index in [0.717, 1.165) is 5.56 Å². The van der Waals surface area contributed by atoms with Crippen LogP contribution in [0.1, 0.15) is 21.6 Å². The molecule has 0 saturated carbocycles. The van der Waals surface area contributed by atoms with Gasteiger partial charge in [0, 0.05) is 11.8 Å². The number of fused-ring (bicyclic) bond motifs is 1. The lowest BCUT2D eigenvalue weighted by Crippen LogP contribution is -2.37. The lowest BCUT2D eigenvalue weighted by atomic mass is 9.98. The van der Waals surface area contributed by atoms with Crippen LogP contribution in [0, 0.1) is 0 Å². The molecule has 0 spiro atoms. The standard InChI is InChI=1S/C15H13N3O4S/c16-12(19)6-9-7-23-15(17-9)18-13(20)11-5-8-3-1-2-4-10(8)14(21)22-11/h1-4,7,11H,5-6H2,(H2,16,19)(H,17,18,20)/t11-/m0/s1. The minimum absolute atomic E-state index is 0.0121. The molecule has 118 valence electrons. The minimum atomic E-state index is -0.902. The number of aromatic nitrogens is 1. The van der Waals surface area contributed by atoms with E-state index in [4.69, 9.17) is 10.5 Å². The fourth-order valence-electron chi connectivity index (χ4n) is 2.29. The number of hydrogen-bond donors (Lipinski definition) is 2. The summed E-state index contributed by atoms with van der Waals surface area (Å²) in [6, 6.07) is 7.02. The van der Waals surface area contributed by atoms with Crippen molar-refractivity contribution in [1.82, 2.24) is 4.98 Å². The lowest BCUT2D eigenvalue weighted by Gasteiger charge is -2.23. The second-order valence-electron chi connectivity index (χ2n) is 5.03. The van der Waals surface area contributed by atoms with Gasteiger partial charge in [0.15, 0.2) is 11.2 Å². The second-order valence-corrected chi connectivity index (χ2v) is 5.89. The van der Waals surface area contributed by atoms with Gasteiger partial charge in [-0.25, -0.2) is 9.78 Å². The highest BCUT2D eigenvalue weighted by atomic mass is 32.1. The Balaban J connectivity index is 1.69. The molecule has 1 aromatic carbocycles. The Kier molecular flexibility index (Phi) is 4.07. The van der Waals surface area contributed by atoms with Gasteiger partial charge in [-0.05, 0) is 11.6 Å². The zero-order valence-corrected chi connectivity index (χ0v) is 12.8. The first-order valence-corrected chi connectivity index (χ1v) is 7.73. The van der Waals surface area contributed by atoms with E-state index in [1.54, 1.807) is 23.6 Å². The molecule has 1 aliphatic heterocycles. The number of amides is 2. The van der Waals surface area contributed by atoms with E-state index >= 15 is 0 Å². The number of ether oxygens (including phenoxy) is 1. The van der Waals surface area contributed by atoms with Crippen LogP contribution < -0.4 is 11.1 Å². The van der Waals surface area contributed by atoms with Crippen LogP contribution in [0.3, 0.4) is 0 Å². The second kappa shape index (κ2) is 6.17. The molecule has 23 heavy (non-hydrogen) atoms. The number of hydrogen-bond acceptors (Lipinski definition) is 6. The van der Waals surface area contributed by atoms with E-state index in [1.165, 1.54) is 11.3 Å². The molecule has 0 bridgehead atoms. The van der Waals surface area contributed by atoms with Crippen LogP contribution in [-0.2, 0) is 27.2 Å². The summed E-state index contributed by atoms with van der Waals surface area (Å²) in [6.45, 7) is 0. The maximum Gasteiger partial charge on any atom is 0.339 e. The molecule has 1 aliphatic rings. The van der Waals surface area contributed by atoms with Crippen molar-refractivity contribution < 1.29 is 19.1 Å². The highest BCUT2D eigenvalue weighted by Gasteiger charge is 2.31. The van der Waals surface area contributed by atoms with Crippen LogP contribution in [0.15, 0.2) is 29.6 Å². The number of rotatable bonds is 4. The van der Waals surface area contributed by atoms with Gasteiger partial charge in [0.2, 0.25) is 5.91 Å². The fourth-order valence-corrected chi connectivity index (χ4v) is 3.00. The van der Waals surface area contributed by atoms with Crippen molar-refractivity contribution >= 4 is 34.3 Å². The van der Waals surface area contributed by atoms with Crippen molar-refractivity contribution in [2.45, 2.75) is 18.9 Å². The number of carbonyl (C=O) groups excluding carboxylic acids is 3. The van der Waals surface area contributed by atoms with Gasteiger partial charge in [0.05, 0.1) is 17.7 Å². The molecule has 2 heterocycles. The van der Waals surface area contributed by atoms with Crippen molar-refractivity contribution in [2.24, 2.45) is 5.73 Å². The predicted molar refractivity (Wildman–Crippen MR) is 83.0 cm³/mol. The molecular weight excluding hydrogens is 318 g/mol. The quantitative estimate of drug-likeness (QED) is 0.808. The molecule has 0 aliphatic carbocycles. The van der Waals surface area contributed by atoms with Crippen LogP contribution in [0.2, 0.25) is 0 Å². The Morgan fingerprint density at radius 1 is 1.39 bits per heavy atom. The molecule has 3 rings (SSSR count). The fraction of sp³-hybridized carbons (Fsp3) is 0.200. The Hall–Kier alpha value is -2.74. The molecule has 3 N–H and O–H groups in total. The monoisotopic (exact) mass is 331 g/mol. The minimum Gasteiger partial charge on any atom is -0.448 e. The summed E-state index contributed by atoms with van der Waals surface area (Å²) < 4.78 is 5.17. The summed E-state index contributed by atoms with van der Waals surface area (Å²) in [7, 11) is 0. The Morgan fingerprint density at radius 2 is 2.17 bits per heavy atom. The lowest BCUT2D eigenvalue weighted by molar-refractivity contribution is -0.125. The van der Waals surface area contributed by atoms with E-state index in [1.807, 2.05) is 6.07 Å². The molecule has 0 saturated heterocycles. The number of esters is 1. The summed E-state index contributed by atoms with van der Waals surface area (Å²) in [5.41, 5.74) is 6.84. The number of primary amides is 1. The number of thiazole rings is 1. The van der Waals surface area contributed by atoms with Gasteiger partial charge in [-0.15, -0.1) is 11.3 Å². The first-order valence-electron chi connectivity index (χ1n) is 6.85. The number of nitrogens with zero attached hydrogens (tertiary/aromatic N) is 1. The third-order valence-electron chi connectivity index (χ3n) is 3.32. The van der Waals surface area contributed by atoms with E-state index in [0.29, 0.717) is 22.8 Å². The van der Waals surface area contributed by atoms with E-state index in [9.17, 15) is 14.4 Å². The van der Waals surface area contributed by atoms with Crippen molar-refractivity contribution in [1.29, 1.82) is 0 Å². The molecule has 2 amide bonds. The Bertz CT molecular complexity index is 787. The molecule has 2 aromatic rings. The maximum atomic E-state index is 12.2. The van der Waals surface area contributed by atoms with Crippen molar-refractivity contribution in [2.75, 3.05) is 5.32 Å². The van der Waals surface area contributed by atoms with Gasteiger partial charge in [-0.1, -0.05) is 18.2 Å². The Morgan fingerprint density at radius 3 is 2.96 bits per heavy atom. The van der Waals surface area contributed by atoms with E-state index in [-0.39, 0.29) is 6.42 Å². The number of nitrogens with two attached hydrogens (primary N) is 1. The van der Waals surface area contributed by atoms with Gasteiger partial charge < -0.3 is 10.5 Å². The summed E-state index contributed by atoms with van der Waals surface area (Å²) in [5.74, 6) is -1.46. The van der Waals surface area contributed by atoms with Crippen molar-refractivity contribution in [3.8, 4) is 0 Å². The van der Waals surface area contributed by atoms with Gasteiger partial charge >= 0.3 is 5.97 Å². The summed E-state index contributed by atoms with van der Waals surface area (Å²) in [5, 5.41) is 4.57. The van der Waals surface area contributed by atoms with Crippen LogP contribution in [-0.4, -0.2) is 28.9 Å². The van der Waals surface area contributed by atoms with E-state index in [2.05, 4.69) is 10.3 Å². The number of anilines is 1. The molecule has 0 unspecified atom stereocenters. The molecule has 1 aromatic heterocycles. The summed E-state index contributed by atoms with van der Waals surface area (Å²) in [4.78, 5) is 39.1. The number of nitrogens with one attached hydrogen (secondary N) is 1. The normalized spacial score (nSPS) is 16.3. The van der Waals surface area contributed by atoms with Crippen LogP contribution in [0.5, 0.6) is 0 Å².